The Morgan fingerprint density at radius 1 is 1.12 bits per heavy atom. The molecule has 40 valence electrons. The third kappa shape index (κ3) is 1.86. The van der Waals surface area contributed by atoms with Gasteiger partial charge in [-0.05, 0) is 0 Å². The summed E-state index contributed by atoms with van der Waals surface area (Å²) in [6.45, 7) is 0. The second-order valence-corrected chi connectivity index (χ2v) is 7.92. The maximum atomic E-state index is 3.55. The molecule has 0 fully saturated rings. The molecular formula is C6H5BrPb. The molecule has 8 heavy (non-hydrogen) atoms. The molecule has 0 spiro atoms. The van der Waals surface area contributed by atoms with E-state index in [1.54, 1.807) is 0 Å². The van der Waals surface area contributed by atoms with Crippen molar-refractivity contribution in [2.24, 2.45) is 0 Å². The van der Waals surface area contributed by atoms with E-state index >= 15 is 0 Å². The number of hydrogen-bond donors (Lipinski definition) is 0. The second kappa shape index (κ2) is 3.61. The van der Waals surface area contributed by atoms with Crippen LogP contribution in [0.5, 0.6) is 0 Å². The van der Waals surface area contributed by atoms with E-state index in [1.807, 2.05) is 0 Å². The van der Waals surface area contributed by atoms with Crippen LogP contribution in [0.2, 0.25) is 0 Å². The quantitative estimate of drug-likeness (QED) is 0.660. The number of benzene rings is 1. The summed E-state index contributed by atoms with van der Waals surface area (Å²) >= 11 is 3.04. The Morgan fingerprint density at radius 2 is 1.75 bits per heavy atom. The summed E-state index contributed by atoms with van der Waals surface area (Å²) in [5.41, 5.74) is 0. The zero-order valence-corrected chi connectivity index (χ0v) is 9.74. The van der Waals surface area contributed by atoms with Crippen molar-refractivity contribution in [2.45, 2.75) is 0 Å². The Hall–Kier alpha value is 0.622. The molecule has 1 aromatic rings. The van der Waals surface area contributed by atoms with E-state index in [4.69, 9.17) is 0 Å². The molecule has 1 aromatic carbocycles. The third-order valence-corrected chi connectivity index (χ3v) is 7.04. The average Bonchev–Trinajstić information content (AvgIpc) is 1.90. The third-order valence-electron chi connectivity index (χ3n) is 0.883. The van der Waals surface area contributed by atoms with Crippen molar-refractivity contribution in [1.82, 2.24) is 0 Å². The molecule has 0 nitrogen and oxygen atoms in total. The standard InChI is InChI=1S/C6H5.BrH.Pb/c1-2-4-6-5-3-1;;/h1-5H;1H;/q;;+1/p-1. The molecule has 1 rings (SSSR count). The fourth-order valence-corrected chi connectivity index (χ4v) is 4.06. The minimum atomic E-state index is -0.516. The van der Waals surface area contributed by atoms with Crippen molar-refractivity contribution in [1.29, 1.82) is 0 Å². The molecule has 2 radical (unpaired) electrons. The predicted molar refractivity (Wildman–Crippen MR) is 40.8 cm³/mol. The van der Waals surface area contributed by atoms with E-state index < -0.39 is 21.8 Å². The average molecular weight is 364 g/mol. The molecule has 0 amide bonds. The first-order valence-electron chi connectivity index (χ1n) is 2.35. The van der Waals surface area contributed by atoms with E-state index in [2.05, 4.69) is 42.3 Å². The summed E-state index contributed by atoms with van der Waals surface area (Å²) in [7, 11) is 0. The first-order valence-corrected chi connectivity index (χ1v) is 12.7. The summed E-state index contributed by atoms with van der Waals surface area (Å²) in [6, 6.07) is 10.6. The normalized spacial score (nSPS) is 9.12. The Kier molecular flexibility index (Phi) is 3.04. The van der Waals surface area contributed by atoms with E-state index in [0.29, 0.717) is 0 Å². The molecule has 0 aliphatic rings. The summed E-state index contributed by atoms with van der Waals surface area (Å²) in [6.07, 6.45) is 0. The molecule has 0 aliphatic heterocycles. The minimum absolute atomic E-state index is 0.516. The van der Waals surface area contributed by atoms with E-state index in [0.717, 1.165) is 0 Å². The van der Waals surface area contributed by atoms with Crippen LogP contribution in [0.3, 0.4) is 0 Å². The zero-order valence-electron chi connectivity index (χ0n) is 4.26. The van der Waals surface area contributed by atoms with Crippen LogP contribution in [0, 0.1) is 0 Å². The Labute approximate surface area is 66.8 Å². The summed E-state index contributed by atoms with van der Waals surface area (Å²) < 4.78 is 1.52. The van der Waals surface area contributed by atoms with Gasteiger partial charge in [0.05, 0.1) is 0 Å². The van der Waals surface area contributed by atoms with Crippen LogP contribution in [-0.4, -0.2) is 21.8 Å². The van der Waals surface area contributed by atoms with Crippen LogP contribution in [0.4, 0.5) is 0 Å². The molecular weight excluding hydrogens is 359 g/mol. The molecule has 2 heteroatoms. The van der Waals surface area contributed by atoms with Gasteiger partial charge in [-0.2, -0.15) is 0 Å². The van der Waals surface area contributed by atoms with Crippen molar-refractivity contribution in [2.75, 3.05) is 0 Å². The van der Waals surface area contributed by atoms with Gasteiger partial charge in [-0.15, -0.1) is 0 Å². The van der Waals surface area contributed by atoms with Gasteiger partial charge >= 0.3 is 67.3 Å². The SMILES string of the molecule is [Br][Pb][c]1ccccc1. The molecule has 0 aromatic heterocycles. The molecule has 0 saturated carbocycles. The zero-order chi connectivity index (χ0) is 5.82. The molecule has 0 saturated heterocycles. The van der Waals surface area contributed by atoms with Gasteiger partial charge in [-0.3, -0.25) is 0 Å². The fourth-order valence-electron chi connectivity index (χ4n) is 0.501. The van der Waals surface area contributed by atoms with E-state index in [1.165, 1.54) is 3.12 Å². The van der Waals surface area contributed by atoms with Crippen LogP contribution < -0.4 is 3.12 Å². The molecule has 0 unspecified atom stereocenters. The molecule has 0 N–H and O–H groups in total. The monoisotopic (exact) mass is 364 g/mol. The van der Waals surface area contributed by atoms with E-state index in [9.17, 15) is 0 Å². The molecule has 0 bridgehead atoms. The summed E-state index contributed by atoms with van der Waals surface area (Å²) in [5.74, 6) is 0. The van der Waals surface area contributed by atoms with Gasteiger partial charge < -0.3 is 0 Å². The molecule has 0 aliphatic carbocycles. The van der Waals surface area contributed by atoms with Gasteiger partial charge in [0.15, 0.2) is 0 Å². The molecule has 0 heterocycles. The van der Waals surface area contributed by atoms with Crippen LogP contribution >= 0.6 is 12.0 Å². The topological polar surface area (TPSA) is 0 Å². The number of halogens is 1. The van der Waals surface area contributed by atoms with Crippen LogP contribution in [-0.2, 0) is 0 Å². The van der Waals surface area contributed by atoms with Gasteiger partial charge in [0.2, 0.25) is 0 Å². The van der Waals surface area contributed by atoms with Gasteiger partial charge in [0.1, 0.15) is 0 Å². The number of rotatable bonds is 1. The van der Waals surface area contributed by atoms with Gasteiger partial charge in [-0.25, -0.2) is 0 Å². The van der Waals surface area contributed by atoms with Crippen molar-refractivity contribution < 1.29 is 0 Å². The van der Waals surface area contributed by atoms with Crippen LogP contribution in [0.1, 0.15) is 0 Å². The summed E-state index contributed by atoms with van der Waals surface area (Å²) in [4.78, 5) is 0. The Bertz CT molecular complexity index is 150. The second-order valence-electron chi connectivity index (χ2n) is 1.46. The number of hydrogen-bond acceptors (Lipinski definition) is 0. The van der Waals surface area contributed by atoms with Gasteiger partial charge in [0, 0.05) is 0 Å². The molecule has 0 atom stereocenters. The van der Waals surface area contributed by atoms with Crippen molar-refractivity contribution in [3.63, 3.8) is 0 Å². The first-order chi connectivity index (χ1) is 3.93. The van der Waals surface area contributed by atoms with Gasteiger partial charge in [-0.1, -0.05) is 0 Å². The summed E-state index contributed by atoms with van der Waals surface area (Å²) in [5, 5.41) is 0. The van der Waals surface area contributed by atoms with Crippen molar-refractivity contribution in [3.8, 4) is 0 Å². The Morgan fingerprint density at radius 3 is 2.12 bits per heavy atom. The predicted octanol–water partition coefficient (Wildman–Crippen LogP) is 1.33. The van der Waals surface area contributed by atoms with Crippen molar-refractivity contribution in [3.05, 3.63) is 30.3 Å². The van der Waals surface area contributed by atoms with E-state index in [-0.39, 0.29) is 0 Å². The van der Waals surface area contributed by atoms with Gasteiger partial charge in [0.25, 0.3) is 0 Å². The first kappa shape index (κ1) is 6.74. The van der Waals surface area contributed by atoms with Crippen molar-refractivity contribution >= 4 is 36.9 Å². The fraction of sp³-hybridized carbons (Fsp3) is 0. The maximum absolute atomic E-state index is 3.55. The Balaban J connectivity index is 2.83. The van der Waals surface area contributed by atoms with Crippen LogP contribution in [0.15, 0.2) is 30.3 Å². The van der Waals surface area contributed by atoms with Crippen LogP contribution in [0.25, 0.3) is 0 Å².